The van der Waals surface area contributed by atoms with E-state index in [0.717, 1.165) is 0 Å². The zero-order valence-electron chi connectivity index (χ0n) is 12.8. The number of sulfonamides is 1. The first kappa shape index (κ1) is 17.2. The van der Waals surface area contributed by atoms with E-state index in [9.17, 15) is 13.2 Å². The predicted molar refractivity (Wildman–Crippen MR) is 85.9 cm³/mol. The summed E-state index contributed by atoms with van der Waals surface area (Å²) in [6, 6.07) is 6.49. The van der Waals surface area contributed by atoms with Crippen LogP contribution in [0.15, 0.2) is 36.5 Å². The zero-order valence-corrected chi connectivity index (χ0v) is 13.6. The van der Waals surface area contributed by atoms with Gasteiger partial charge in [-0.2, -0.15) is 0 Å². The van der Waals surface area contributed by atoms with Crippen LogP contribution in [0.4, 0.5) is 5.69 Å². The van der Waals surface area contributed by atoms with E-state index in [1.165, 1.54) is 6.08 Å². The number of hydrogen-bond acceptors (Lipinski definition) is 4. The van der Waals surface area contributed by atoms with Crippen molar-refractivity contribution in [3.63, 3.8) is 0 Å². The van der Waals surface area contributed by atoms with Crippen LogP contribution in [0.5, 0.6) is 0 Å². The van der Waals surface area contributed by atoms with Crippen LogP contribution in [0.3, 0.4) is 0 Å². The molecule has 116 valence electrons. The number of nitrogens with one attached hydrogen (secondary N) is 1. The van der Waals surface area contributed by atoms with Crippen LogP contribution in [0, 0.1) is 0 Å². The summed E-state index contributed by atoms with van der Waals surface area (Å²) in [4.78, 5) is 13.7. The average Bonchev–Trinajstić information content (AvgIpc) is 2.43. The third kappa shape index (κ3) is 5.23. The maximum absolute atomic E-state index is 12.0. The monoisotopic (exact) mass is 310 g/mol. The van der Waals surface area contributed by atoms with Crippen LogP contribution in [0.1, 0.15) is 30.6 Å². The number of carbonyl (C=O) groups excluding carboxylic acids is 1. The first-order chi connectivity index (χ1) is 9.76. The number of nitrogens with zero attached hydrogens (tertiary/aromatic N) is 1. The molecule has 0 radical (unpaired) electrons. The van der Waals surface area contributed by atoms with Gasteiger partial charge >= 0.3 is 0 Å². The summed E-state index contributed by atoms with van der Waals surface area (Å²) in [6.07, 6.45) is 3.63. The number of benzene rings is 1. The molecule has 0 saturated carbocycles. The lowest BCUT2D eigenvalue weighted by Gasteiger charge is -2.13. The van der Waals surface area contributed by atoms with Crippen molar-refractivity contribution in [2.24, 2.45) is 0 Å². The van der Waals surface area contributed by atoms with E-state index < -0.39 is 15.3 Å². The fraction of sp³-hybridized carbons (Fsp3) is 0.400. The molecular weight excluding hydrogens is 288 g/mol. The lowest BCUT2D eigenvalue weighted by Crippen LogP contribution is -2.24. The molecule has 0 amide bonds. The second-order valence-electron chi connectivity index (χ2n) is 5.09. The largest absolute Gasteiger partial charge is 0.383 e. The third-order valence-electron chi connectivity index (χ3n) is 3.04. The molecule has 1 N–H and O–H groups in total. The highest BCUT2D eigenvalue weighted by Gasteiger charge is 2.18. The van der Waals surface area contributed by atoms with Crippen LogP contribution in [-0.4, -0.2) is 38.4 Å². The standard InChI is InChI=1S/C15H22N2O3S/c1-5-12(2)21(19,20)16-14-8-6-7-13(11-14)15(18)9-10-17(3)4/h6-12,16H,5H2,1-4H3. The molecule has 1 rings (SSSR count). The predicted octanol–water partition coefficient (Wildman–Crippen LogP) is 2.48. The van der Waals surface area contributed by atoms with Crippen molar-refractivity contribution in [2.75, 3.05) is 18.8 Å². The van der Waals surface area contributed by atoms with Gasteiger partial charge in [-0.25, -0.2) is 8.42 Å². The van der Waals surface area contributed by atoms with E-state index in [1.807, 2.05) is 21.0 Å². The Hall–Kier alpha value is -1.82. The molecule has 0 aliphatic heterocycles. The second-order valence-corrected chi connectivity index (χ2v) is 7.19. The minimum absolute atomic E-state index is 0.173. The van der Waals surface area contributed by atoms with Gasteiger partial charge in [0.1, 0.15) is 0 Å². The first-order valence-electron chi connectivity index (χ1n) is 6.77. The highest BCUT2D eigenvalue weighted by Crippen LogP contribution is 2.16. The Kier molecular flexibility index (Phi) is 5.96. The number of allylic oxidation sites excluding steroid dienone is 1. The minimum Gasteiger partial charge on any atom is -0.383 e. The SMILES string of the molecule is CCC(C)S(=O)(=O)Nc1cccc(C(=O)C=CN(C)C)c1. The summed E-state index contributed by atoms with van der Waals surface area (Å²) in [6.45, 7) is 3.47. The fourth-order valence-electron chi connectivity index (χ4n) is 1.53. The number of rotatable bonds is 7. The summed E-state index contributed by atoms with van der Waals surface area (Å²) >= 11 is 0. The Morgan fingerprint density at radius 3 is 2.62 bits per heavy atom. The van der Waals surface area contributed by atoms with Gasteiger partial charge < -0.3 is 4.90 Å². The molecule has 21 heavy (non-hydrogen) atoms. The van der Waals surface area contributed by atoms with E-state index in [0.29, 0.717) is 17.7 Å². The Bertz CT molecular complexity index is 622. The van der Waals surface area contributed by atoms with Gasteiger partial charge in [0.25, 0.3) is 0 Å². The van der Waals surface area contributed by atoms with Crippen molar-refractivity contribution in [1.82, 2.24) is 4.90 Å². The zero-order chi connectivity index (χ0) is 16.0. The number of carbonyl (C=O) groups is 1. The highest BCUT2D eigenvalue weighted by atomic mass is 32.2. The summed E-state index contributed by atoms with van der Waals surface area (Å²) in [7, 11) is 0.221. The molecule has 0 bridgehead atoms. The Labute approximate surface area is 126 Å². The molecular formula is C15H22N2O3S. The van der Waals surface area contributed by atoms with Gasteiger partial charge in [0.05, 0.1) is 5.25 Å². The topological polar surface area (TPSA) is 66.5 Å². The Morgan fingerprint density at radius 1 is 1.38 bits per heavy atom. The van der Waals surface area contributed by atoms with Crippen LogP contribution in [-0.2, 0) is 10.0 Å². The number of hydrogen-bond donors (Lipinski definition) is 1. The Morgan fingerprint density at radius 2 is 2.05 bits per heavy atom. The van der Waals surface area contributed by atoms with Crippen molar-refractivity contribution in [2.45, 2.75) is 25.5 Å². The molecule has 0 aliphatic rings. The van der Waals surface area contributed by atoms with Gasteiger partial charge in [0, 0.05) is 37.6 Å². The molecule has 1 atom stereocenters. The van der Waals surface area contributed by atoms with Crippen molar-refractivity contribution in [1.29, 1.82) is 0 Å². The lowest BCUT2D eigenvalue weighted by molar-refractivity contribution is 0.104. The average molecular weight is 310 g/mol. The molecule has 1 aromatic rings. The van der Waals surface area contributed by atoms with Gasteiger partial charge in [0.15, 0.2) is 5.78 Å². The second kappa shape index (κ2) is 7.26. The maximum Gasteiger partial charge on any atom is 0.235 e. The smallest absolute Gasteiger partial charge is 0.235 e. The van der Waals surface area contributed by atoms with E-state index in [4.69, 9.17) is 0 Å². The Balaban J connectivity index is 2.94. The minimum atomic E-state index is -3.42. The van der Waals surface area contributed by atoms with E-state index in [2.05, 4.69) is 4.72 Å². The molecule has 1 aromatic carbocycles. The van der Waals surface area contributed by atoms with E-state index >= 15 is 0 Å². The summed E-state index contributed by atoms with van der Waals surface area (Å²) in [5.74, 6) is -0.173. The molecule has 0 spiro atoms. The molecule has 5 nitrogen and oxygen atoms in total. The van der Waals surface area contributed by atoms with E-state index in [-0.39, 0.29) is 5.78 Å². The van der Waals surface area contributed by atoms with Gasteiger partial charge in [-0.3, -0.25) is 9.52 Å². The summed E-state index contributed by atoms with van der Waals surface area (Å²) < 4.78 is 26.5. The van der Waals surface area contributed by atoms with Gasteiger partial charge in [0.2, 0.25) is 10.0 Å². The van der Waals surface area contributed by atoms with Gasteiger partial charge in [-0.05, 0) is 25.5 Å². The third-order valence-corrected chi connectivity index (χ3v) is 4.95. The fourth-order valence-corrected chi connectivity index (χ4v) is 2.63. The van der Waals surface area contributed by atoms with Crippen LogP contribution in [0.2, 0.25) is 0 Å². The van der Waals surface area contributed by atoms with Crippen LogP contribution < -0.4 is 4.72 Å². The van der Waals surface area contributed by atoms with Gasteiger partial charge in [-0.15, -0.1) is 0 Å². The molecule has 0 aliphatic carbocycles. The number of ketones is 1. The van der Waals surface area contributed by atoms with Crippen molar-refractivity contribution in [3.8, 4) is 0 Å². The summed E-state index contributed by atoms with van der Waals surface area (Å²) in [5, 5.41) is -0.481. The molecule has 0 aromatic heterocycles. The first-order valence-corrected chi connectivity index (χ1v) is 8.31. The summed E-state index contributed by atoms with van der Waals surface area (Å²) in [5.41, 5.74) is 0.844. The molecule has 0 fully saturated rings. The van der Waals surface area contributed by atoms with Crippen LogP contribution in [0.25, 0.3) is 0 Å². The number of anilines is 1. The van der Waals surface area contributed by atoms with Crippen molar-refractivity contribution >= 4 is 21.5 Å². The molecule has 0 saturated heterocycles. The quantitative estimate of drug-likeness (QED) is 0.620. The van der Waals surface area contributed by atoms with Gasteiger partial charge in [-0.1, -0.05) is 19.1 Å². The highest BCUT2D eigenvalue weighted by molar-refractivity contribution is 7.93. The lowest BCUT2D eigenvalue weighted by atomic mass is 10.1. The molecule has 1 unspecified atom stereocenters. The van der Waals surface area contributed by atoms with Crippen molar-refractivity contribution < 1.29 is 13.2 Å². The van der Waals surface area contributed by atoms with E-state index in [1.54, 1.807) is 42.3 Å². The van der Waals surface area contributed by atoms with Crippen molar-refractivity contribution in [3.05, 3.63) is 42.1 Å². The van der Waals surface area contributed by atoms with Crippen LogP contribution >= 0.6 is 0 Å². The molecule has 6 heteroatoms. The normalized spacial score (nSPS) is 13.1. The maximum atomic E-state index is 12.0. The molecule has 0 heterocycles.